The number of amides is 2. The molecule has 0 aliphatic rings. The number of ether oxygens (including phenoxy) is 1. The minimum atomic E-state index is -4.53. The Morgan fingerprint density at radius 2 is 1.59 bits per heavy atom. The number of carbonyl (C=O) groups is 2. The van der Waals surface area contributed by atoms with Gasteiger partial charge in [-0.2, -0.15) is 13.2 Å². The topological polar surface area (TPSA) is 79.5 Å². The maximum absolute atomic E-state index is 13.2. The summed E-state index contributed by atoms with van der Waals surface area (Å²) in [7, 11) is 1.52. The summed E-state index contributed by atoms with van der Waals surface area (Å²) in [6, 6.07) is 11.8. The molecule has 2 amide bonds. The first kappa shape index (κ1) is 22.2. The Kier molecular flexibility index (Phi) is 8.02. The number of alkyl halides is 3. The van der Waals surface area contributed by atoms with Crippen LogP contribution in [-0.2, 0) is 4.79 Å². The number of hydrogen-bond donors (Lipinski definition) is 3. The molecule has 1 unspecified atom stereocenters. The minimum absolute atomic E-state index is 0.0274. The maximum atomic E-state index is 13.2. The lowest BCUT2D eigenvalue weighted by Crippen LogP contribution is -2.42. The van der Waals surface area contributed by atoms with Crippen molar-refractivity contribution < 1.29 is 27.5 Å². The van der Waals surface area contributed by atoms with E-state index in [0.29, 0.717) is 11.3 Å². The molecule has 6 nitrogen and oxygen atoms in total. The van der Waals surface area contributed by atoms with Crippen LogP contribution in [0.15, 0.2) is 54.6 Å². The summed E-state index contributed by atoms with van der Waals surface area (Å²) in [6.07, 6.45) is -4.53. The number of hydrogen-bond acceptors (Lipinski definition) is 4. The summed E-state index contributed by atoms with van der Waals surface area (Å²) >= 11 is 0. The van der Waals surface area contributed by atoms with Gasteiger partial charge >= 0.3 is 6.18 Å². The predicted molar refractivity (Wildman–Crippen MR) is 102 cm³/mol. The van der Waals surface area contributed by atoms with Crippen molar-refractivity contribution in [3.63, 3.8) is 0 Å². The summed E-state index contributed by atoms with van der Waals surface area (Å²) in [4.78, 5) is 23.8. The molecule has 2 rings (SSSR count). The molecule has 156 valence electrons. The first-order chi connectivity index (χ1) is 13.8. The van der Waals surface area contributed by atoms with Crippen molar-refractivity contribution in [2.75, 3.05) is 26.7 Å². The van der Waals surface area contributed by atoms with Gasteiger partial charge in [0.25, 0.3) is 5.91 Å². The second-order valence-electron chi connectivity index (χ2n) is 6.10. The van der Waals surface area contributed by atoms with Crippen LogP contribution in [0.1, 0.15) is 22.0 Å². The van der Waals surface area contributed by atoms with Gasteiger partial charge < -0.3 is 15.4 Å². The van der Waals surface area contributed by atoms with E-state index in [4.69, 9.17) is 4.74 Å². The van der Waals surface area contributed by atoms with Gasteiger partial charge in [0, 0.05) is 18.7 Å². The third kappa shape index (κ3) is 7.11. The van der Waals surface area contributed by atoms with E-state index in [1.165, 1.54) is 31.4 Å². The van der Waals surface area contributed by atoms with Gasteiger partial charge in [0.1, 0.15) is 11.8 Å². The first-order valence-electron chi connectivity index (χ1n) is 8.85. The number of halogens is 3. The zero-order chi connectivity index (χ0) is 21.3. The summed E-state index contributed by atoms with van der Waals surface area (Å²) in [5, 5.41) is 7.30. The van der Waals surface area contributed by atoms with E-state index in [9.17, 15) is 22.8 Å². The molecule has 2 aromatic rings. The maximum Gasteiger partial charge on any atom is 0.407 e. The van der Waals surface area contributed by atoms with Crippen LogP contribution in [0.3, 0.4) is 0 Å². The van der Waals surface area contributed by atoms with Gasteiger partial charge in [0.2, 0.25) is 5.91 Å². The lowest BCUT2D eigenvalue weighted by Gasteiger charge is -2.21. The second-order valence-corrected chi connectivity index (χ2v) is 6.10. The highest BCUT2D eigenvalue weighted by Gasteiger charge is 2.40. The smallest absolute Gasteiger partial charge is 0.407 e. The van der Waals surface area contributed by atoms with Crippen LogP contribution in [-0.4, -0.2) is 44.7 Å². The molecule has 0 fully saturated rings. The molecular formula is C20H22F3N3O3. The highest BCUT2D eigenvalue weighted by Crippen LogP contribution is 2.32. The highest BCUT2D eigenvalue weighted by atomic mass is 19.4. The number of nitrogens with one attached hydrogen (secondary N) is 3. The standard InChI is InChI=1S/C20H22F3N3O3/c1-29-16-9-7-15(8-10-16)19(28)25-12-11-24-17(27)13-26-18(20(21,22)23)14-5-3-2-4-6-14/h2-10,18,26H,11-13H2,1H3,(H,24,27)(H,25,28). The number of benzene rings is 2. The third-order valence-corrected chi connectivity index (χ3v) is 4.01. The molecule has 0 saturated heterocycles. The molecule has 0 bridgehead atoms. The van der Waals surface area contributed by atoms with Crippen molar-refractivity contribution in [3.05, 3.63) is 65.7 Å². The molecule has 0 aromatic heterocycles. The number of methoxy groups -OCH3 is 1. The Balaban J connectivity index is 1.74. The molecule has 0 spiro atoms. The Hall–Kier alpha value is -3.07. The van der Waals surface area contributed by atoms with Crippen molar-refractivity contribution in [2.45, 2.75) is 12.2 Å². The quantitative estimate of drug-likeness (QED) is 0.556. The normalized spacial score (nSPS) is 12.1. The van der Waals surface area contributed by atoms with Crippen LogP contribution in [0.4, 0.5) is 13.2 Å². The van der Waals surface area contributed by atoms with Crippen molar-refractivity contribution in [1.82, 2.24) is 16.0 Å². The molecule has 29 heavy (non-hydrogen) atoms. The van der Waals surface area contributed by atoms with Crippen LogP contribution in [0, 0.1) is 0 Å². The predicted octanol–water partition coefficient (Wildman–Crippen LogP) is 2.43. The Labute approximate surface area is 166 Å². The third-order valence-electron chi connectivity index (χ3n) is 4.01. The zero-order valence-electron chi connectivity index (χ0n) is 15.8. The van der Waals surface area contributed by atoms with Gasteiger partial charge in [-0.05, 0) is 29.8 Å². The van der Waals surface area contributed by atoms with Crippen LogP contribution >= 0.6 is 0 Å². The van der Waals surface area contributed by atoms with Gasteiger partial charge in [-0.3, -0.25) is 14.9 Å². The Morgan fingerprint density at radius 1 is 0.966 bits per heavy atom. The molecule has 0 saturated carbocycles. The van der Waals surface area contributed by atoms with Crippen molar-refractivity contribution >= 4 is 11.8 Å². The van der Waals surface area contributed by atoms with Gasteiger partial charge in [0.15, 0.2) is 0 Å². The number of rotatable bonds is 9. The van der Waals surface area contributed by atoms with E-state index in [0.717, 1.165) is 0 Å². The van der Waals surface area contributed by atoms with E-state index >= 15 is 0 Å². The van der Waals surface area contributed by atoms with E-state index in [2.05, 4.69) is 16.0 Å². The first-order valence-corrected chi connectivity index (χ1v) is 8.85. The Bertz CT molecular complexity index is 796. The number of carbonyl (C=O) groups excluding carboxylic acids is 2. The van der Waals surface area contributed by atoms with Crippen LogP contribution in [0.25, 0.3) is 0 Å². The SMILES string of the molecule is COc1ccc(C(=O)NCCNC(=O)CNC(c2ccccc2)C(F)(F)F)cc1. The Morgan fingerprint density at radius 3 is 2.17 bits per heavy atom. The van der Waals surface area contributed by atoms with Crippen LogP contribution in [0.2, 0.25) is 0 Å². The lowest BCUT2D eigenvalue weighted by atomic mass is 10.1. The van der Waals surface area contributed by atoms with Gasteiger partial charge in [-0.25, -0.2) is 0 Å². The molecule has 9 heteroatoms. The lowest BCUT2D eigenvalue weighted by molar-refractivity contribution is -0.158. The van der Waals surface area contributed by atoms with Crippen molar-refractivity contribution in [1.29, 1.82) is 0 Å². The fourth-order valence-corrected chi connectivity index (χ4v) is 2.55. The average molecular weight is 409 g/mol. The summed E-state index contributed by atoms with van der Waals surface area (Å²) < 4.78 is 44.6. The van der Waals surface area contributed by atoms with Crippen molar-refractivity contribution in [3.8, 4) is 5.75 Å². The monoisotopic (exact) mass is 409 g/mol. The minimum Gasteiger partial charge on any atom is -0.497 e. The van der Waals surface area contributed by atoms with Crippen molar-refractivity contribution in [2.24, 2.45) is 0 Å². The van der Waals surface area contributed by atoms with E-state index < -0.39 is 24.7 Å². The summed E-state index contributed by atoms with van der Waals surface area (Å²) in [5.41, 5.74) is 0.453. The fourth-order valence-electron chi connectivity index (χ4n) is 2.55. The zero-order valence-corrected chi connectivity index (χ0v) is 15.8. The second kappa shape index (κ2) is 10.5. The molecular weight excluding hydrogens is 387 g/mol. The van der Waals surface area contributed by atoms with Gasteiger partial charge in [-0.1, -0.05) is 30.3 Å². The molecule has 1 atom stereocenters. The highest BCUT2D eigenvalue weighted by molar-refractivity contribution is 5.94. The van der Waals surface area contributed by atoms with E-state index in [-0.39, 0.29) is 24.6 Å². The van der Waals surface area contributed by atoms with Gasteiger partial charge in [0.05, 0.1) is 13.7 Å². The summed E-state index contributed by atoms with van der Waals surface area (Å²) in [5.74, 6) is -0.316. The van der Waals surface area contributed by atoms with Gasteiger partial charge in [-0.15, -0.1) is 0 Å². The molecule has 0 aliphatic heterocycles. The van der Waals surface area contributed by atoms with E-state index in [1.807, 2.05) is 0 Å². The fraction of sp³-hybridized carbons (Fsp3) is 0.300. The van der Waals surface area contributed by atoms with Crippen LogP contribution in [0.5, 0.6) is 5.75 Å². The van der Waals surface area contributed by atoms with Crippen LogP contribution < -0.4 is 20.7 Å². The molecule has 2 aromatic carbocycles. The summed E-state index contributed by atoms with van der Waals surface area (Å²) in [6.45, 7) is -0.284. The van der Waals surface area contributed by atoms with E-state index in [1.54, 1.807) is 30.3 Å². The molecule has 0 radical (unpaired) electrons. The molecule has 0 aliphatic carbocycles. The molecule has 0 heterocycles. The largest absolute Gasteiger partial charge is 0.497 e. The average Bonchev–Trinajstić information content (AvgIpc) is 2.71. The molecule has 3 N–H and O–H groups in total.